The summed E-state index contributed by atoms with van der Waals surface area (Å²) in [7, 11) is 0. The van der Waals surface area contributed by atoms with E-state index in [1.54, 1.807) is 18.3 Å². The number of carbonyl (C=O) groups is 1. The molecule has 21 heavy (non-hydrogen) atoms. The number of pyridine rings is 1. The van der Waals surface area contributed by atoms with Crippen LogP contribution < -0.4 is 15.8 Å². The van der Waals surface area contributed by atoms with Crippen LogP contribution in [-0.4, -0.2) is 23.5 Å². The third-order valence-corrected chi connectivity index (χ3v) is 2.93. The van der Waals surface area contributed by atoms with Crippen LogP contribution in [0.2, 0.25) is 0 Å². The van der Waals surface area contributed by atoms with Gasteiger partial charge in [-0.2, -0.15) is 0 Å². The molecule has 110 valence electrons. The summed E-state index contributed by atoms with van der Waals surface area (Å²) in [5, 5.41) is 2.75. The molecule has 5 nitrogen and oxygen atoms in total. The van der Waals surface area contributed by atoms with Crippen molar-refractivity contribution < 1.29 is 9.53 Å². The number of nitrogens with two attached hydrogens (primary N) is 1. The molecule has 0 saturated heterocycles. The maximum atomic E-state index is 12.0. The molecule has 0 unspecified atom stereocenters. The van der Waals surface area contributed by atoms with Gasteiger partial charge in [-0.05, 0) is 25.0 Å². The Kier molecular flexibility index (Phi) is 5.29. The first kappa shape index (κ1) is 15.0. The summed E-state index contributed by atoms with van der Waals surface area (Å²) in [6, 6.07) is 12.5. The number of anilines is 1. The average Bonchev–Trinajstić information content (AvgIpc) is 2.50. The molecule has 1 atom stereocenters. The van der Waals surface area contributed by atoms with Crippen LogP contribution >= 0.6 is 0 Å². The van der Waals surface area contributed by atoms with E-state index in [0.717, 1.165) is 5.56 Å². The van der Waals surface area contributed by atoms with Crippen LogP contribution in [0.4, 0.5) is 5.69 Å². The number of rotatable bonds is 6. The Bertz CT molecular complexity index is 570. The number of hydrogen-bond donors (Lipinski definition) is 2. The molecule has 0 spiro atoms. The van der Waals surface area contributed by atoms with Gasteiger partial charge in [-0.3, -0.25) is 4.79 Å². The van der Waals surface area contributed by atoms with Gasteiger partial charge in [0.1, 0.15) is 0 Å². The van der Waals surface area contributed by atoms with Crippen LogP contribution in [0.3, 0.4) is 0 Å². The maximum Gasteiger partial charge on any atom is 0.241 e. The van der Waals surface area contributed by atoms with Crippen molar-refractivity contribution in [1.29, 1.82) is 0 Å². The average molecular weight is 285 g/mol. The first-order valence-electron chi connectivity index (χ1n) is 6.88. The molecule has 1 aromatic heterocycles. The molecule has 3 N–H and O–H groups in total. The van der Waals surface area contributed by atoms with Gasteiger partial charge in [0.25, 0.3) is 0 Å². The Balaban J connectivity index is 1.91. The standard InChI is InChI=1S/C16H19N3O2/c1-2-21-15-9-8-13(11-18-15)19-16(20)14(17)10-12-6-4-3-5-7-12/h3-9,11,14H,2,10,17H2,1H3,(H,19,20)/t14-/m0/s1. The molecule has 1 aromatic carbocycles. The molecule has 0 radical (unpaired) electrons. The maximum absolute atomic E-state index is 12.0. The predicted octanol–water partition coefficient (Wildman–Crippen LogP) is 1.99. The van der Waals surface area contributed by atoms with Crippen molar-refractivity contribution in [2.45, 2.75) is 19.4 Å². The molecule has 2 rings (SSSR count). The van der Waals surface area contributed by atoms with Gasteiger partial charge < -0.3 is 15.8 Å². The highest BCUT2D eigenvalue weighted by molar-refractivity contribution is 5.94. The van der Waals surface area contributed by atoms with Gasteiger partial charge in [0.05, 0.1) is 24.5 Å². The van der Waals surface area contributed by atoms with Gasteiger partial charge in [0, 0.05) is 6.07 Å². The van der Waals surface area contributed by atoms with Gasteiger partial charge in [-0.1, -0.05) is 30.3 Å². The minimum absolute atomic E-state index is 0.232. The third-order valence-electron chi connectivity index (χ3n) is 2.93. The second-order valence-electron chi connectivity index (χ2n) is 4.60. The van der Waals surface area contributed by atoms with Crippen molar-refractivity contribution in [1.82, 2.24) is 4.98 Å². The van der Waals surface area contributed by atoms with Crippen molar-refractivity contribution in [3.63, 3.8) is 0 Å². The molecule has 1 heterocycles. The molecule has 0 bridgehead atoms. The zero-order valence-corrected chi connectivity index (χ0v) is 12.0. The summed E-state index contributed by atoms with van der Waals surface area (Å²) in [5.74, 6) is 0.300. The van der Waals surface area contributed by atoms with Crippen molar-refractivity contribution >= 4 is 11.6 Å². The van der Waals surface area contributed by atoms with E-state index in [9.17, 15) is 4.79 Å². The third kappa shape index (κ3) is 4.57. The topological polar surface area (TPSA) is 77.2 Å². The zero-order chi connectivity index (χ0) is 15.1. The molecule has 0 aliphatic carbocycles. The predicted molar refractivity (Wildman–Crippen MR) is 82.2 cm³/mol. The fraction of sp³-hybridized carbons (Fsp3) is 0.250. The monoisotopic (exact) mass is 285 g/mol. The highest BCUT2D eigenvalue weighted by Gasteiger charge is 2.14. The highest BCUT2D eigenvalue weighted by atomic mass is 16.5. The van der Waals surface area contributed by atoms with Crippen LogP contribution in [0, 0.1) is 0 Å². The van der Waals surface area contributed by atoms with Gasteiger partial charge in [-0.15, -0.1) is 0 Å². The lowest BCUT2D eigenvalue weighted by molar-refractivity contribution is -0.117. The van der Waals surface area contributed by atoms with Crippen LogP contribution in [-0.2, 0) is 11.2 Å². The molecule has 0 aliphatic rings. The molecule has 0 saturated carbocycles. The number of nitrogens with one attached hydrogen (secondary N) is 1. The van der Waals surface area contributed by atoms with Crippen molar-refractivity contribution in [2.24, 2.45) is 5.73 Å². The van der Waals surface area contributed by atoms with E-state index < -0.39 is 6.04 Å². The van der Waals surface area contributed by atoms with Crippen molar-refractivity contribution in [3.8, 4) is 5.88 Å². The van der Waals surface area contributed by atoms with Gasteiger partial charge >= 0.3 is 0 Å². The van der Waals surface area contributed by atoms with E-state index in [0.29, 0.717) is 24.6 Å². The summed E-state index contributed by atoms with van der Waals surface area (Å²) < 4.78 is 5.24. The highest BCUT2D eigenvalue weighted by Crippen LogP contribution is 2.12. The molecule has 1 amide bonds. The summed E-state index contributed by atoms with van der Waals surface area (Å²) in [6.45, 7) is 2.45. The second kappa shape index (κ2) is 7.40. The quantitative estimate of drug-likeness (QED) is 0.851. The smallest absolute Gasteiger partial charge is 0.241 e. The lowest BCUT2D eigenvalue weighted by Gasteiger charge is -2.12. The van der Waals surface area contributed by atoms with Crippen LogP contribution in [0.5, 0.6) is 5.88 Å². The largest absolute Gasteiger partial charge is 0.478 e. The first-order chi connectivity index (χ1) is 10.2. The minimum atomic E-state index is -0.598. The van der Waals surface area contributed by atoms with Crippen molar-refractivity contribution in [2.75, 3.05) is 11.9 Å². The lowest BCUT2D eigenvalue weighted by Crippen LogP contribution is -2.37. The number of hydrogen-bond acceptors (Lipinski definition) is 4. The molecule has 0 aliphatic heterocycles. The summed E-state index contributed by atoms with van der Waals surface area (Å²) in [6.07, 6.45) is 2.05. The summed E-state index contributed by atoms with van der Waals surface area (Å²) in [4.78, 5) is 16.1. The van der Waals surface area contributed by atoms with Crippen LogP contribution in [0.15, 0.2) is 48.7 Å². The van der Waals surface area contributed by atoms with Gasteiger partial charge in [0.2, 0.25) is 11.8 Å². The number of carbonyl (C=O) groups excluding carboxylic acids is 1. The Hall–Kier alpha value is -2.40. The van der Waals surface area contributed by atoms with E-state index in [2.05, 4.69) is 10.3 Å². The fourth-order valence-electron chi connectivity index (χ4n) is 1.88. The number of amides is 1. The molecule has 2 aromatic rings. The van der Waals surface area contributed by atoms with Crippen LogP contribution in [0.25, 0.3) is 0 Å². The van der Waals surface area contributed by atoms with Gasteiger partial charge in [-0.25, -0.2) is 4.98 Å². The Morgan fingerprint density at radius 3 is 2.67 bits per heavy atom. The van der Waals surface area contributed by atoms with E-state index in [-0.39, 0.29) is 5.91 Å². The van der Waals surface area contributed by atoms with E-state index in [4.69, 9.17) is 10.5 Å². The molecular formula is C16H19N3O2. The van der Waals surface area contributed by atoms with E-state index in [1.165, 1.54) is 0 Å². The van der Waals surface area contributed by atoms with E-state index >= 15 is 0 Å². The minimum Gasteiger partial charge on any atom is -0.478 e. The van der Waals surface area contributed by atoms with Crippen LogP contribution in [0.1, 0.15) is 12.5 Å². The van der Waals surface area contributed by atoms with Gasteiger partial charge in [0.15, 0.2) is 0 Å². The summed E-state index contributed by atoms with van der Waals surface area (Å²) in [5.41, 5.74) is 7.55. The lowest BCUT2D eigenvalue weighted by atomic mass is 10.1. The SMILES string of the molecule is CCOc1ccc(NC(=O)[C@@H](N)Cc2ccccc2)cn1. The zero-order valence-electron chi connectivity index (χ0n) is 12.0. The van der Waals surface area contributed by atoms with E-state index in [1.807, 2.05) is 37.3 Å². The number of ether oxygens (including phenoxy) is 1. The Morgan fingerprint density at radius 2 is 2.05 bits per heavy atom. The first-order valence-corrected chi connectivity index (χ1v) is 6.88. The summed E-state index contributed by atoms with van der Waals surface area (Å²) >= 11 is 0. The molecular weight excluding hydrogens is 266 g/mol. The Labute approximate surface area is 124 Å². The second-order valence-corrected chi connectivity index (χ2v) is 4.60. The fourth-order valence-corrected chi connectivity index (χ4v) is 1.88. The van der Waals surface area contributed by atoms with Crippen molar-refractivity contribution in [3.05, 3.63) is 54.2 Å². The number of benzene rings is 1. The number of aromatic nitrogens is 1. The Morgan fingerprint density at radius 1 is 1.29 bits per heavy atom. The normalized spacial score (nSPS) is 11.7. The molecule has 5 heteroatoms. The number of nitrogens with zero attached hydrogens (tertiary/aromatic N) is 1. The molecule has 0 fully saturated rings.